The Morgan fingerprint density at radius 3 is 2.03 bits per heavy atom. The van der Waals surface area contributed by atoms with Crippen LogP contribution in [-0.2, 0) is 6.42 Å². The third-order valence-electron chi connectivity index (χ3n) is 8.11. The van der Waals surface area contributed by atoms with Crippen LogP contribution >= 0.6 is 0 Å². The van der Waals surface area contributed by atoms with Gasteiger partial charge >= 0.3 is 0 Å². The molecule has 0 saturated heterocycles. The number of nitrogens with zero attached hydrogens (tertiary/aromatic N) is 1. The van der Waals surface area contributed by atoms with E-state index in [1.54, 1.807) is 6.07 Å². The zero-order chi connectivity index (χ0) is 22.3. The molecule has 1 aromatic heterocycles. The van der Waals surface area contributed by atoms with Gasteiger partial charge in [0, 0.05) is 11.8 Å². The molecule has 1 heterocycles. The predicted molar refractivity (Wildman–Crippen MR) is 128 cm³/mol. The Morgan fingerprint density at radius 1 is 0.812 bits per heavy atom. The zero-order valence-electron chi connectivity index (χ0n) is 19.2. The molecule has 2 aliphatic rings. The Balaban J connectivity index is 1.19. The summed E-state index contributed by atoms with van der Waals surface area (Å²) >= 11 is 0. The van der Waals surface area contributed by atoms with Gasteiger partial charge in [0.1, 0.15) is 0 Å². The van der Waals surface area contributed by atoms with Gasteiger partial charge in [-0.15, -0.1) is 6.58 Å². The van der Waals surface area contributed by atoms with Gasteiger partial charge in [0.2, 0.25) is 0 Å². The van der Waals surface area contributed by atoms with Crippen LogP contribution in [-0.4, -0.2) is 4.98 Å². The highest BCUT2D eigenvalue weighted by atomic mass is 19.2. The Morgan fingerprint density at radius 2 is 1.47 bits per heavy atom. The number of aryl methyl sites for hydroxylation is 1. The summed E-state index contributed by atoms with van der Waals surface area (Å²) in [6.07, 6.45) is 20.1. The second kappa shape index (κ2) is 11.2. The second-order valence-electron chi connectivity index (χ2n) is 10.1. The molecule has 0 spiro atoms. The van der Waals surface area contributed by atoms with E-state index < -0.39 is 11.6 Å². The summed E-state index contributed by atoms with van der Waals surface area (Å²) < 4.78 is 26.6. The van der Waals surface area contributed by atoms with Gasteiger partial charge in [-0.3, -0.25) is 4.98 Å². The summed E-state index contributed by atoms with van der Waals surface area (Å²) in [7, 11) is 0. The summed E-state index contributed by atoms with van der Waals surface area (Å²) in [6, 6.07) is 7.95. The lowest BCUT2D eigenvalue weighted by Crippen LogP contribution is -2.26. The van der Waals surface area contributed by atoms with Gasteiger partial charge in [0.15, 0.2) is 11.6 Å². The fourth-order valence-electron chi connectivity index (χ4n) is 6.02. The normalized spacial score (nSPS) is 26.1. The molecule has 0 unspecified atom stereocenters. The number of rotatable bonds is 8. The molecule has 2 saturated carbocycles. The molecule has 32 heavy (non-hydrogen) atoms. The van der Waals surface area contributed by atoms with Crippen LogP contribution in [0, 0.1) is 35.3 Å². The molecule has 2 aromatic rings. The Hall–Kier alpha value is -2.03. The van der Waals surface area contributed by atoms with E-state index in [0.717, 1.165) is 36.2 Å². The van der Waals surface area contributed by atoms with Gasteiger partial charge in [0.25, 0.3) is 0 Å². The van der Waals surface area contributed by atoms with E-state index >= 15 is 0 Å². The van der Waals surface area contributed by atoms with Crippen molar-refractivity contribution < 1.29 is 8.78 Å². The van der Waals surface area contributed by atoms with Crippen LogP contribution in [0.3, 0.4) is 0 Å². The SMILES string of the molecule is C=CCC[C@H]1CC[C@H](C2CCC(CCc3ccc(-c4ccc(F)c(F)c4)nc3)CC2)CC1. The highest BCUT2D eigenvalue weighted by Gasteiger charge is 2.30. The fourth-order valence-corrected chi connectivity index (χ4v) is 6.02. The number of hydrogen-bond donors (Lipinski definition) is 0. The van der Waals surface area contributed by atoms with E-state index in [9.17, 15) is 8.78 Å². The molecule has 0 atom stereocenters. The van der Waals surface area contributed by atoms with E-state index in [1.165, 1.54) is 82.3 Å². The lowest BCUT2D eigenvalue weighted by molar-refractivity contribution is 0.141. The van der Waals surface area contributed by atoms with E-state index in [1.807, 2.05) is 12.3 Å². The Bertz CT molecular complexity index is 859. The van der Waals surface area contributed by atoms with Crippen molar-refractivity contribution in [3.63, 3.8) is 0 Å². The molecule has 172 valence electrons. The van der Waals surface area contributed by atoms with Gasteiger partial charge in [-0.25, -0.2) is 8.78 Å². The topological polar surface area (TPSA) is 12.9 Å². The van der Waals surface area contributed by atoms with Crippen molar-refractivity contribution in [1.82, 2.24) is 4.98 Å². The van der Waals surface area contributed by atoms with Gasteiger partial charge in [-0.2, -0.15) is 0 Å². The van der Waals surface area contributed by atoms with Crippen LogP contribution in [0.1, 0.15) is 76.2 Å². The molecule has 0 radical (unpaired) electrons. The minimum absolute atomic E-state index is 0.614. The number of halogens is 2. The first-order valence-electron chi connectivity index (χ1n) is 12.6. The smallest absolute Gasteiger partial charge is 0.159 e. The maximum absolute atomic E-state index is 13.5. The fraction of sp³-hybridized carbons (Fsp3) is 0.552. The molecule has 3 heteroatoms. The quantitative estimate of drug-likeness (QED) is 0.377. The molecule has 4 rings (SSSR count). The van der Waals surface area contributed by atoms with Gasteiger partial charge in [-0.1, -0.05) is 37.8 Å². The van der Waals surface area contributed by atoms with E-state index in [-0.39, 0.29) is 0 Å². The van der Waals surface area contributed by atoms with Gasteiger partial charge in [0.05, 0.1) is 5.69 Å². The zero-order valence-corrected chi connectivity index (χ0v) is 19.2. The van der Waals surface area contributed by atoms with Crippen molar-refractivity contribution in [2.75, 3.05) is 0 Å². The number of benzene rings is 1. The van der Waals surface area contributed by atoms with Crippen LogP contribution in [0.4, 0.5) is 8.78 Å². The summed E-state index contributed by atoms with van der Waals surface area (Å²) in [4.78, 5) is 4.49. The van der Waals surface area contributed by atoms with Crippen molar-refractivity contribution in [1.29, 1.82) is 0 Å². The summed E-state index contributed by atoms with van der Waals surface area (Å²) in [5.74, 6) is 2.07. The van der Waals surface area contributed by atoms with Crippen molar-refractivity contribution in [2.24, 2.45) is 23.7 Å². The molecule has 1 aromatic carbocycles. The Labute approximate surface area is 192 Å². The molecule has 0 aliphatic heterocycles. The minimum atomic E-state index is -0.829. The molecule has 0 bridgehead atoms. The predicted octanol–water partition coefficient (Wildman–Crippen LogP) is 8.54. The van der Waals surface area contributed by atoms with Crippen LogP contribution < -0.4 is 0 Å². The Kier molecular flexibility index (Phi) is 8.10. The molecule has 0 amide bonds. The first-order valence-corrected chi connectivity index (χ1v) is 12.6. The molecule has 1 nitrogen and oxygen atoms in total. The average molecular weight is 438 g/mol. The molecule has 0 N–H and O–H groups in total. The number of pyridine rings is 1. The second-order valence-corrected chi connectivity index (χ2v) is 10.1. The maximum Gasteiger partial charge on any atom is 0.159 e. The standard InChI is InChI=1S/C29H37F2N/c1-2-3-4-21-7-12-24(13-8-21)25-14-9-22(10-15-25)5-6-23-11-18-29(32-20-23)26-16-17-27(30)28(31)19-26/h2,11,16-22,24-25H,1,3-10,12-15H2/t21-,22?,24-,25?. The van der Waals surface area contributed by atoms with E-state index in [0.29, 0.717) is 11.3 Å². The van der Waals surface area contributed by atoms with Crippen molar-refractivity contribution in [2.45, 2.75) is 77.0 Å². The summed E-state index contributed by atoms with van der Waals surface area (Å²) in [6.45, 7) is 3.87. The van der Waals surface area contributed by atoms with Gasteiger partial charge < -0.3 is 0 Å². The van der Waals surface area contributed by atoms with E-state index in [4.69, 9.17) is 0 Å². The average Bonchev–Trinajstić information content (AvgIpc) is 2.84. The first kappa shape index (κ1) is 23.1. The van der Waals surface area contributed by atoms with Crippen molar-refractivity contribution in [3.05, 3.63) is 66.4 Å². The monoisotopic (exact) mass is 437 g/mol. The number of allylic oxidation sites excluding steroid dienone is 1. The van der Waals surface area contributed by atoms with Crippen LogP contribution in [0.15, 0.2) is 49.2 Å². The third-order valence-corrected chi connectivity index (χ3v) is 8.11. The third kappa shape index (κ3) is 6.05. The molecular formula is C29H37F2N. The minimum Gasteiger partial charge on any atom is -0.256 e. The van der Waals surface area contributed by atoms with Gasteiger partial charge in [-0.05, 0) is 105 Å². The van der Waals surface area contributed by atoms with E-state index in [2.05, 4.69) is 23.7 Å². The molecular weight excluding hydrogens is 400 g/mol. The maximum atomic E-state index is 13.5. The lowest BCUT2D eigenvalue weighted by Gasteiger charge is -2.38. The summed E-state index contributed by atoms with van der Waals surface area (Å²) in [5, 5.41) is 0. The number of aromatic nitrogens is 1. The highest BCUT2D eigenvalue weighted by Crippen LogP contribution is 2.43. The van der Waals surface area contributed by atoms with Crippen molar-refractivity contribution >= 4 is 0 Å². The molecule has 2 fully saturated rings. The van der Waals surface area contributed by atoms with Crippen LogP contribution in [0.5, 0.6) is 0 Å². The lowest BCUT2D eigenvalue weighted by atomic mass is 9.68. The van der Waals surface area contributed by atoms with Crippen LogP contribution in [0.2, 0.25) is 0 Å². The summed E-state index contributed by atoms with van der Waals surface area (Å²) in [5.41, 5.74) is 2.53. The number of hydrogen-bond acceptors (Lipinski definition) is 1. The van der Waals surface area contributed by atoms with Crippen molar-refractivity contribution in [3.8, 4) is 11.3 Å². The largest absolute Gasteiger partial charge is 0.256 e. The molecule has 2 aliphatic carbocycles. The van der Waals surface area contributed by atoms with Crippen LogP contribution in [0.25, 0.3) is 11.3 Å². The first-order chi connectivity index (χ1) is 15.6. The highest BCUT2D eigenvalue weighted by molar-refractivity contribution is 5.59.